The summed E-state index contributed by atoms with van der Waals surface area (Å²) in [4.78, 5) is 2.52. The molecule has 1 nitrogen and oxygen atoms in total. The quantitative estimate of drug-likeness (QED) is 0.168. The Morgan fingerprint density at radius 1 is 0.317 bits per heavy atom. The van der Waals surface area contributed by atoms with Gasteiger partial charge in [-0.05, 0) is 142 Å². The molecule has 0 N–H and O–H groups in total. The van der Waals surface area contributed by atoms with Crippen LogP contribution in [0.15, 0.2) is 121 Å². The molecule has 0 aromatic heterocycles. The molecule has 312 valence electrons. The molecule has 0 heterocycles. The topological polar surface area (TPSA) is 3.24 Å². The van der Waals surface area contributed by atoms with Crippen molar-refractivity contribution in [2.45, 2.75) is 150 Å². The van der Waals surface area contributed by atoms with E-state index in [0.717, 1.165) is 5.69 Å². The van der Waals surface area contributed by atoms with E-state index < -0.39 is 0 Å². The summed E-state index contributed by atoms with van der Waals surface area (Å²) >= 11 is 0. The van der Waals surface area contributed by atoms with Crippen molar-refractivity contribution in [3.63, 3.8) is 0 Å². The lowest BCUT2D eigenvalue weighted by molar-refractivity contribution is 0.568. The van der Waals surface area contributed by atoms with Gasteiger partial charge in [-0.2, -0.15) is 0 Å². The highest BCUT2D eigenvalue weighted by molar-refractivity contribution is 5.87. The molecule has 0 saturated carbocycles. The zero-order chi connectivity index (χ0) is 44.0. The van der Waals surface area contributed by atoms with E-state index in [2.05, 4.69) is 244 Å². The van der Waals surface area contributed by atoms with Gasteiger partial charge in [-0.3, -0.25) is 0 Å². The number of nitrogens with zero attached hydrogens (tertiary/aromatic N) is 1. The number of hydrogen-bond acceptors (Lipinski definition) is 1. The highest BCUT2D eigenvalue weighted by atomic mass is 15.1. The molecule has 6 aromatic carbocycles. The molecule has 0 spiro atoms. The first kappa shape index (κ1) is 43.2. The molecule has 0 radical (unpaired) electrons. The Bertz CT molecular complexity index is 2510. The summed E-state index contributed by atoms with van der Waals surface area (Å²) in [5, 5.41) is 0. The highest BCUT2D eigenvalue weighted by Gasteiger charge is 2.36. The SMILES string of the molecule is CC(C)(C)c1cc(-c2cccc(N(c3cc(C(C)(C)C)cc(C(C)(C)C)c3)c3ccc4c(c3)C(C)(C)c3ccccc3-4)c2)cc(-c2cc(C(C)(C)C)cc(C(C)(C)C)c2)c1. The lowest BCUT2D eigenvalue weighted by atomic mass is 9.78. The van der Waals surface area contributed by atoms with Crippen LogP contribution in [0, 0.1) is 0 Å². The Labute approximate surface area is 364 Å². The molecule has 0 saturated heterocycles. The summed E-state index contributed by atoms with van der Waals surface area (Å²) < 4.78 is 0. The Morgan fingerprint density at radius 3 is 1.25 bits per heavy atom. The van der Waals surface area contributed by atoms with Gasteiger partial charge in [-0.1, -0.05) is 197 Å². The summed E-state index contributed by atoms with van der Waals surface area (Å²) in [6.07, 6.45) is 0. The molecule has 1 aliphatic carbocycles. The number of fused-ring (bicyclic) bond motifs is 3. The molecule has 0 atom stereocenters. The summed E-state index contributed by atoms with van der Waals surface area (Å²) in [5.41, 5.74) is 20.6. The van der Waals surface area contributed by atoms with Crippen LogP contribution in [-0.4, -0.2) is 0 Å². The monoisotopic (exact) mass is 794 g/mol. The van der Waals surface area contributed by atoms with Gasteiger partial charge in [-0.25, -0.2) is 0 Å². The third-order valence-electron chi connectivity index (χ3n) is 13.0. The van der Waals surface area contributed by atoms with Gasteiger partial charge in [0.25, 0.3) is 0 Å². The fraction of sp³-hybridized carbons (Fsp3) is 0.390. The van der Waals surface area contributed by atoms with E-state index in [-0.39, 0.29) is 32.5 Å². The minimum Gasteiger partial charge on any atom is -0.310 e. The molecule has 1 heteroatoms. The lowest BCUT2D eigenvalue weighted by Gasteiger charge is -2.32. The minimum absolute atomic E-state index is 0.0218. The van der Waals surface area contributed by atoms with Crippen molar-refractivity contribution in [2.24, 2.45) is 0 Å². The van der Waals surface area contributed by atoms with E-state index in [1.54, 1.807) is 0 Å². The molecule has 0 aliphatic heterocycles. The van der Waals surface area contributed by atoms with Gasteiger partial charge in [0.05, 0.1) is 0 Å². The Kier molecular flexibility index (Phi) is 10.5. The van der Waals surface area contributed by atoms with Gasteiger partial charge >= 0.3 is 0 Å². The fourth-order valence-corrected chi connectivity index (χ4v) is 8.76. The van der Waals surface area contributed by atoms with Gasteiger partial charge in [-0.15, -0.1) is 0 Å². The van der Waals surface area contributed by atoms with Gasteiger partial charge in [0.2, 0.25) is 0 Å². The second-order valence-corrected chi connectivity index (χ2v) is 23.4. The lowest BCUT2D eigenvalue weighted by Crippen LogP contribution is -2.20. The average molecular weight is 794 g/mol. The van der Waals surface area contributed by atoms with Crippen LogP contribution in [0.2, 0.25) is 0 Å². The van der Waals surface area contributed by atoms with Crippen molar-refractivity contribution in [1.29, 1.82) is 0 Å². The molecule has 7 rings (SSSR count). The first-order chi connectivity index (χ1) is 27.6. The van der Waals surface area contributed by atoms with Crippen molar-refractivity contribution < 1.29 is 0 Å². The minimum atomic E-state index is -0.111. The molecule has 0 fully saturated rings. The molecular weight excluding hydrogens is 723 g/mol. The van der Waals surface area contributed by atoms with Crippen molar-refractivity contribution in [3.05, 3.63) is 160 Å². The zero-order valence-electron chi connectivity index (χ0n) is 40.0. The second-order valence-electron chi connectivity index (χ2n) is 23.4. The van der Waals surface area contributed by atoms with Crippen LogP contribution in [-0.2, 0) is 32.5 Å². The van der Waals surface area contributed by atoms with E-state index in [1.807, 2.05) is 0 Å². The summed E-state index contributed by atoms with van der Waals surface area (Å²) in [6, 6.07) is 47.3. The first-order valence-corrected chi connectivity index (χ1v) is 22.3. The van der Waals surface area contributed by atoms with Gasteiger partial charge in [0.1, 0.15) is 0 Å². The van der Waals surface area contributed by atoms with Crippen LogP contribution >= 0.6 is 0 Å². The van der Waals surface area contributed by atoms with Crippen molar-refractivity contribution >= 4 is 17.1 Å². The Balaban J connectivity index is 1.47. The predicted molar refractivity (Wildman–Crippen MR) is 263 cm³/mol. The summed E-state index contributed by atoms with van der Waals surface area (Å²) in [5.74, 6) is 0. The van der Waals surface area contributed by atoms with Gasteiger partial charge in [0.15, 0.2) is 0 Å². The first-order valence-electron chi connectivity index (χ1n) is 22.3. The van der Waals surface area contributed by atoms with Gasteiger partial charge < -0.3 is 4.90 Å². The zero-order valence-corrected chi connectivity index (χ0v) is 40.0. The van der Waals surface area contributed by atoms with E-state index in [0.29, 0.717) is 0 Å². The molecule has 1 aliphatic rings. The Morgan fingerprint density at radius 2 is 0.733 bits per heavy atom. The molecule has 60 heavy (non-hydrogen) atoms. The van der Waals surface area contributed by atoms with Crippen LogP contribution in [0.5, 0.6) is 0 Å². The highest BCUT2D eigenvalue weighted by Crippen LogP contribution is 2.51. The number of hydrogen-bond donors (Lipinski definition) is 0. The van der Waals surface area contributed by atoms with E-state index in [4.69, 9.17) is 0 Å². The number of rotatable bonds is 5. The molecule has 0 unspecified atom stereocenters. The smallest absolute Gasteiger partial charge is 0.0467 e. The summed E-state index contributed by atoms with van der Waals surface area (Å²) in [6.45, 7) is 39.7. The van der Waals surface area contributed by atoms with Crippen LogP contribution in [0.1, 0.15) is 157 Å². The van der Waals surface area contributed by atoms with Crippen molar-refractivity contribution in [2.75, 3.05) is 4.90 Å². The van der Waals surface area contributed by atoms with Crippen LogP contribution in [0.4, 0.5) is 17.1 Å². The third-order valence-corrected chi connectivity index (χ3v) is 13.0. The normalized spacial score (nSPS) is 14.2. The number of benzene rings is 6. The van der Waals surface area contributed by atoms with Crippen molar-refractivity contribution in [1.82, 2.24) is 0 Å². The van der Waals surface area contributed by atoms with Crippen LogP contribution in [0.3, 0.4) is 0 Å². The Hall–Kier alpha value is -4.88. The standard InChI is InChI=1S/C59H71N/c1-54(2,3)42-28-39(27-40(29-42)41-30-43(55(4,5)6)33-44(31-41)56(7,8)9)38-21-20-22-47(32-38)60(49-35-45(57(10,11)12)34-46(36-49)58(13,14)15)48-25-26-51-50-23-18-19-24-52(50)59(16,17)53(51)37-48/h18-37H,1-17H3. The van der Waals surface area contributed by atoms with E-state index in [9.17, 15) is 0 Å². The largest absolute Gasteiger partial charge is 0.310 e. The maximum absolute atomic E-state index is 2.52. The van der Waals surface area contributed by atoms with E-state index >= 15 is 0 Å². The number of anilines is 3. The van der Waals surface area contributed by atoms with E-state index in [1.165, 1.54) is 83.7 Å². The fourth-order valence-electron chi connectivity index (χ4n) is 8.76. The molecular formula is C59H71N. The second kappa shape index (κ2) is 14.6. The average Bonchev–Trinajstić information content (AvgIpc) is 3.38. The van der Waals surface area contributed by atoms with Crippen LogP contribution in [0.25, 0.3) is 33.4 Å². The van der Waals surface area contributed by atoms with Crippen LogP contribution < -0.4 is 4.90 Å². The third kappa shape index (κ3) is 8.39. The maximum atomic E-state index is 2.52. The summed E-state index contributed by atoms with van der Waals surface area (Å²) in [7, 11) is 0. The molecule has 0 bridgehead atoms. The molecule has 0 amide bonds. The predicted octanol–water partition coefficient (Wildman–Crippen LogP) is 17.3. The maximum Gasteiger partial charge on any atom is 0.0467 e. The molecule has 6 aromatic rings. The van der Waals surface area contributed by atoms with Gasteiger partial charge in [0, 0.05) is 22.5 Å². The van der Waals surface area contributed by atoms with Crippen molar-refractivity contribution in [3.8, 4) is 33.4 Å².